The Bertz CT molecular complexity index is 773. The fourth-order valence-electron chi connectivity index (χ4n) is 3.16. The smallest absolute Gasteiger partial charge is 0.326 e. The molecule has 11 heteroatoms. The van der Waals surface area contributed by atoms with Gasteiger partial charge in [-0.05, 0) is 17.5 Å². The SMILES string of the molecule is CC(=O)N(c1cccs1)C1C(=O)N2CC(C(=O)O)(C(=O)OCCI)CS[C@H]12. The standard InChI is InChI=1S/C16H17IN2O6S2/c1-9(20)19(10-3-2-6-26-10)11-12(21)18-7-16(14(22)23,8-27-13(11)18)15(24)25-5-4-17/h2-3,6,11,13H,4-5,7-8H2,1H3,(H,22,23)/t11?,13-,16?/m1/s1. The van der Waals surface area contributed by atoms with Crippen molar-refractivity contribution < 1.29 is 29.0 Å². The third-order valence-electron chi connectivity index (χ3n) is 4.53. The van der Waals surface area contributed by atoms with Gasteiger partial charge < -0.3 is 14.7 Å². The normalized spacial score (nSPS) is 26.7. The highest BCUT2D eigenvalue weighted by atomic mass is 127. The van der Waals surface area contributed by atoms with Crippen molar-refractivity contribution in [2.24, 2.45) is 5.41 Å². The van der Waals surface area contributed by atoms with Gasteiger partial charge in [-0.25, -0.2) is 0 Å². The van der Waals surface area contributed by atoms with Gasteiger partial charge in [0.05, 0.1) is 5.00 Å². The molecule has 0 aromatic carbocycles. The average Bonchev–Trinajstić information content (AvgIpc) is 3.16. The number of anilines is 1. The van der Waals surface area contributed by atoms with E-state index in [0.717, 1.165) is 0 Å². The van der Waals surface area contributed by atoms with Crippen molar-refractivity contribution in [3.05, 3.63) is 17.5 Å². The number of esters is 1. The molecule has 3 atom stereocenters. The summed E-state index contributed by atoms with van der Waals surface area (Å²) in [7, 11) is 0. The van der Waals surface area contributed by atoms with Gasteiger partial charge in [-0.2, -0.15) is 0 Å². The number of hydrogen-bond acceptors (Lipinski definition) is 7. The van der Waals surface area contributed by atoms with E-state index in [-0.39, 0.29) is 36.1 Å². The number of thioether (sulfide) groups is 1. The molecule has 2 amide bonds. The molecular formula is C16H17IN2O6S2. The summed E-state index contributed by atoms with van der Waals surface area (Å²) in [6.07, 6.45) is 0. The highest BCUT2D eigenvalue weighted by Crippen LogP contribution is 2.45. The number of thiophene rings is 1. The lowest BCUT2D eigenvalue weighted by Crippen LogP contribution is -2.75. The van der Waals surface area contributed by atoms with Crippen LogP contribution in [0.3, 0.4) is 0 Å². The lowest BCUT2D eigenvalue weighted by molar-refractivity contribution is -0.172. The number of carbonyl (C=O) groups excluding carboxylic acids is 3. The Morgan fingerprint density at radius 3 is 2.78 bits per heavy atom. The van der Waals surface area contributed by atoms with E-state index in [2.05, 4.69) is 0 Å². The first-order valence-electron chi connectivity index (χ1n) is 8.05. The summed E-state index contributed by atoms with van der Waals surface area (Å²) < 4.78 is 5.62. The van der Waals surface area contributed by atoms with Crippen molar-refractivity contribution in [3.8, 4) is 0 Å². The van der Waals surface area contributed by atoms with Crippen molar-refractivity contribution in [2.45, 2.75) is 18.3 Å². The molecule has 2 aliphatic rings. The summed E-state index contributed by atoms with van der Waals surface area (Å²) in [6.45, 7) is 1.27. The van der Waals surface area contributed by atoms with Crippen LogP contribution in [0.1, 0.15) is 6.92 Å². The monoisotopic (exact) mass is 524 g/mol. The van der Waals surface area contributed by atoms with Crippen LogP contribution in [0.4, 0.5) is 5.00 Å². The third kappa shape index (κ3) is 3.44. The summed E-state index contributed by atoms with van der Waals surface area (Å²) in [4.78, 5) is 52.0. The number of β-lactam (4-membered cyclic amide) rings is 1. The van der Waals surface area contributed by atoms with E-state index in [9.17, 15) is 24.3 Å². The zero-order valence-corrected chi connectivity index (χ0v) is 18.1. The molecule has 146 valence electrons. The van der Waals surface area contributed by atoms with E-state index in [1.54, 1.807) is 12.1 Å². The third-order valence-corrected chi connectivity index (χ3v) is 7.35. The molecular weight excluding hydrogens is 507 g/mol. The first-order chi connectivity index (χ1) is 12.8. The minimum absolute atomic E-state index is 0.0104. The molecule has 2 aliphatic heterocycles. The van der Waals surface area contributed by atoms with Crippen molar-refractivity contribution >= 4 is 74.4 Å². The Morgan fingerprint density at radius 2 is 2.22 bits per heavy atom. The number of fused-ring (bicyclic) bond motifs is 1. The number of carboxylic acid groups (broad SMARTS) is 1. The molecule has 0 radical (unpaired) electrons. The Morgan fingerprint density at radius 1 is 1.48 bits per heavy atom. The zero-order valence-electron chi connectivity index (χ0n) is 14.3. The van der Waals surface area contributed by atoms with E-state index in [4.69, 9.17) is 4.74 Å². The van der Waals surface area contributed by atoms with Crippen LogP contribution in [-0.4, -0.2) is 68.5 Å². The fourth-order valence-corrected chi connectivity index (χ4v) is 5.76. The fraction of sp³-hybridized carbons (Fsp3) is 0.500. The van der Waals surface area contributed by atoms with E-state index < -0.39 is 23.4 Å². The van der Waals surface area contributed by atoms with Crippen LogP contribution in [0.15, 0.2) is 17.5 Å². The number of halogens is 1. The lowest BCUT2D eigenvalue weighted by atomic mass is 9.87. The number of amides is 2. The molecule has 2 fully saturated rings. The second kappa shape index (κ2) is 7.95. The van der Waals surface area contributed by atoms with E-state index >= 15 is 0 Å². The van der Waals surface area contributed by atoms with Gasteiger partial charge in [0.1, 0.15) is 18.0 Å². The van der Waals surface area contributed by atoms with Crippen molar-refractivity contribution in [2.75, 3.05) is 28.2 Å². The van der Waals surface area contributed by atoms with Gasteiger partial charge in [0.2, 0.25) is 11.8 Å². The summed E-state index contributed by atoms with van der Waals surface area (Å²) in [5.41, 5.74) is -1.78. The van der Waals surface area contributed by atoms with Gasteiger partial charge in [0.25, 0.3) is 0 Å². The summed E-state index contributed by atoms with van der Waals surface area (Å²) in [5.74, 6) is -2.75. The maximum atomic E-state index is 12.8. The zero-order chi connectivity index (χ0) is 19.8. The minimum atomic E-state index is -1.78. The minimum Gasteiger partial charge on any atom is -0.480 e. The number of alkyl halides is 1. The first kappa shape index (κ1) is 20.4. The molecule has 1 aromatic rings. The second-order valence-electron chi connectivity index (χ2n) is 6.17. The maximum absolute atomic E-state index is 12.8. The number of ether oxygens (including phenoxy) is 1. The molecule has 1 aromatic heterocycles. The Balaban J connectivity index is 1.81. The number of nitrogens with zero attached hydrogens (tertiary/aromatic N) is 2. The van der Waals surface area contributed by atoms with Gasteiger partial charge >= 0.3 is 11.9 Å². The Labute approximate surface area is 177 Å². The van der Waals surface area contributed by atoms with E-state index in [0.29, 0.717) is 9.43 Å². The number of carbonyl (C=O) groups is 4. The average molecular weight is 524 g/mol. The van der Waals surface area contributed by atoms with Crippen LogP contribution >= 0.6 is 45.7 Å². The van der Waals surface area contributed by atoms with Crippen molar-refractivity contribution in [1.82, 2.24) is 4.90 Å². The topological polar surface area (TPSA) is 104 Å². The summed E-state index contributed by atoms with van der Waals surface area (Å²) >= 11 is 4.58. The van der Waals surface area contributed by atoms with Gasteiger partial charge in [0, 0.05) is 23.6 Å². The first-order valence-corrected chi connectivity index (χ1v) is 11.5. The van der Waals surface area contributed by atoms with Crippen molar-refractivity contribution in [1.29, 1.82) is 0 Å². The highest BCUT2D eigenvalue weighted by Gasteiger charge is 2.62. The van der Waals surface area contributed by atoms with Crippen LogP contribution in [-0.2, 0) is 23.9 Å². The van der Waals surface area contributed by atoms with Crippen molar-refractivity contribution in [3.63, 3.8) is 0 Å². The van der Waals surface area contributed by atoms with Crippen LogP contribution in [0.5, 0.6) is 0 Å². The Hall–Kier alpha value is -1.34. The summed E-state index contributed by atoms with van der Waals surface area (Å²) in [6, 6.07) is 2.87. The molecule has 3 rings (SSSR count). The predicted octanol–water partition coefficient (Wildman–Crippen LogP) is 1.43. The number of hydrogen-bond donors (Lipinski definition) is 1. The molecule has 0 bridgehead atoms. The molecule has 2 saturated heterocycles. The quantitative estimate of drug-likeness (QED) is 0.198. The van der Waals surface area contributed by atoms with E-state index in [1.807, 2.05) is 28.0 Å². The predicted molar refractivity (Wildman–Crippen MR) is 109 cm³/mol. The van der Waals surface area contributed by atoms with Crippen LogP contribution in [0.25, 0.3) is 0 Å². The van der Waals surface area contributed by atoms with Gasteiger partial charge in [-0.1, -0.05) is 22.6 Å². The lowest BCUT2D eigenvalue weighted by Gasteiger charge is -2.55. The molecule has 2 unspecified atom stereocenters. The maximum Gasteiger partial charge on any atom is 0.326 e. The van der Waals surface area contributed by atoms with Gasteiger partial charge in [0.15, 0.2) is 5.41 Å². The molecule has 8 nitrogen and oxygen atoms in total. The number of rotatable bonds is 6. The summed E-state index contributed by atoms with van der Waals surface area (Å²) in [5, 5.41) is 11.8. The highest BCUT2D eigenvalue weighted by molar-refractivity contribution is 14.1. The molecule has 3 heterocycles. The molecule has 0 aliphatic carbocycles. The Kier molecular flexibility index (Phi) is 6.01. The number of aliphatic carboxylic acids is 1. The van der Waals surface area contributed by atoms with Gasteiger partial charge in [-0.3, -0.25) is 24.1 Å². The molecule has 0 saturated carbocycles. The molecule has 0 spiro atoms. The van der Waals surface area contributed by atoms with Gasteiger partial charge in [-0.15, -0.1) is 23.1 Å². The molecule has 27 heavy (non-hydrogen) atoms. The van der Waals surface area contributed by atoms with E-state index in [1.165, 1.54) is 39.8 Å². The van der Waals surface area contributed by atoms with Crippen LogP contribution < -0.4 is 4.90 Å². The van der Waals surface area contributed by atoms with Crippen LogP contribution in [0.2, 0.25) is 0 Å². The largest absolute Gasteiger partial charge is 0.480 e. The van der Waals surface area contributed by atoms with Crippen LogP contribution in [0, 0.1) is 5.41 Å². The number of carboxylic acids is 1. The molecule has 1 N–H and O–H groups in total. The second-order valence-corrected chi connectivity index (χ2v) is 9.27.